The summed E-state index contributed by atoms with van der Waals surface area (Å²) in [5, 5.41) is 11.0. The fraction of sp³-hybridized carbons (Fsp3) is 0.458. The molecule has 10 heteroatoms. The van der Waals surface area contributed by atoms with Gasteiger partial charge in [-0.2, -0.15) is 0 Å². The standard InChI is InChI=1S/C24H28FN3O5S/c1-23(2,3)33-22(30)28-8-7-12-9-16(34-18(12)19(28)24(4,5)31)20-26-15-11-13(25)10-14(17(15)27-20)21(29)32-6/h9-11,19,31H,7-8H2,1-6H3,(H,26,27). The van der Waals surface area contributed by atoms with Gasteiger partial charge in [0.25, 0.3) is 0 Å². The lowest BCUT2D eigenvalue weighted by Gasteiger charge is -2.42. The van der Waals surface area contributed by atoms with Crippen LogP contribution in [0.2, 0.25) is 0 Å². The predicted molar refractivity (Wildman–Crippen MR) is 126 cm³/mol. The number of aromatic nitrogens is 2. The Hall–Kier alpha value is -2.98. The van der Waals surface area contributed by atoms with Crippen LogP contribution in [-0.4, -0.2) is 56.9 Å². The van der Waals surface area contributed by atoms with Gasteiger partial charge in [0, 0.05) is 11.4 Å². The fourth-order valence-electron chi connectivity index (χ4n) is 4.18. The van der Waals surface area contributed by atoms with Crippen LogP contribution in [0.5, 0.6) is 0 Å². The van der Waals surface area contributed by atoms with Crippen LogP contribution in [0.15, 0.2) is 18.2 Å². The number of methoxy groups -OCH3 is 1. The second kappa shape index (κ2) is 8.35. The summed E-state index contributed by atoms with van der Waals surface area (Å²) in [6.07, 6.45) is 0.0991. The number of ether oxygens (including phenoxy) is 2. The first-order valence-electron chi connectivity index (χ1n) is 10.9. The SMILES string of the molecule is COC(=O)c1cc(F)cc2[nH]c(-c3cc4c(s3)C(C(C)(C)O)N(C(=O)OC(C)(C)C)CC4)nc12. The Morgan fingerprint density at radius 2 is 1.94 bits per heavy atom. The Labute approximate surface area is 200 Å². The van der Waals surface area contributed by atoms with Gasteiger partial charge in [0.1, 0.15) is 22.8 Å². The molecule has 1 aliphatic rings. The normalized spacial score (nSPS) is 16.5. The number of aliphatic hydroxyl groups is 1. The van der Waals surface area contributed by atoms with E-state index in [1.165, 1.54) is 24.5 Å². The molecule has 0 saturated carbocycles. The van der Waals surface area contributed by atoms with Crippen LogP contribution in [0.4, 0.5) is 9.18 Å². The van der Waals surface area contributed by atoms with E-state index in [0.29, 0.717) is 29.8 Å². The van der Waals surface area contributed by atoms with E-state index >= 15 is 0 Å². The summed E-state index contributed by atoms with van der Waals surface area (Å²) in [5.41, 5.74) is -0.189. The van der Waals surface area contributed by atoms with Gasteiger partial charge in [-0.15, -0.1) is 11.3 Å². The molecule has 3 heterocycles. The summed E-state index contributed by atoms with van der Waals surface area (Å²) < 4.78 is 24.4. The van der Waals surface area contributed by atoms with Crippen LogP contribution < -0.4 is 0 Å². The number of halogens is 1. The summed E-state index contributed by atoms with van der Waals surface area (Å²) >= 11 is 1.39. The fourth-order valence-corrected chi connectivity index (χ4v) is 5.63. The molecule has 0 spiro atoms. The van der Waals surface area contributed by atoms with Crippen molar-refractivity contribution >= 4 is 34.4 Å². The first kappa shape index (κ1) is 24.2. The number of hydrogen-bond donors (Lipinski definition) is 2. The maximum atomic E-state index is 14.1. The number of aromatic amines is 1. The Kier molecular flexibility index (Phi) is 5.93. The van der Waals surface area contributed by atoms with Gasteiger partial charge in [0.05, 0.1) is 34.7 Å². The third-order valence-electron chi connectivity index (χ3n) is 5.51. The second-order valence-corrected chi connectivity index (χ2v) is 11.0. The number of fused-ring (bicyclic) bond motifs is 2. The maximum absolute atomic E-state index is 14.1. The van der Waals surface area contributed by atoms with Gasteiger partial charge in [-0.05, 0) is 64.8 Å². The predicted octanol–water partition coefficient (Wildman–Crippen LogP) is 4.82. The maximum Gasteiger partial charge on any atom is 0.410 e. The van der Waals surface area contributed by atoms with Crippen molar-refractivity contribution in [2.75, 3.05) is 13.7 Å². The summed E-state index contributed by atoms with van der Waals surface area (Å²) in [5.74, 6) is -0.796. The number of amides is 1. The quantitative estimate of drug-likeness (QED) is 0.511. The lowest BCUT2D eigenvalue weighted by atomic mass is 9.90. The van der Waals surface area contributed by atoms with Gasteiger partial charge in [0.15, 0.2) is 0 Å². The van der Waals surface area contributed by atoms with Crippen LogP contribution in [0.3, 0.4) is 0 Å². The highest BCUT2D eigenvalue weighted by Gasteiger charge is 2.43. The number of benzene rings is 1. The molecule has 1 aromatic carbocycles. The number of carbonyl (C=O) groups is 2. The molecule has 0 aliphatic carbocycles. The number of nitrogens with one attached hydrogen (secondary N) is 1. The average molecular weight is 490 g/mol. The van der Waals surface area contributed by atoms with Gasteiger partial charge >= 0.3 is 12.1 Å². The first-order chi connectivity index (χ1) is 15.8. The summed E-state index contributed by atoms with van der Waals surface area (Å²) in [4.78, 5) is 35.8. The lowest BCUT2D eigenvalue weighted by molar-refractivity contribution is -0.0411. The Morgan fingerprint density at radius 3 is 2.56 bits per heavy atom. The molecule has 2 N–H and O–H groups in total. The van der Waals surface area contributed by atoms with E-state index in [4.69, 9.17) is 9.47 Å². The highest BCUT2D eigenvalue weighted by molar-refractivity contribution is 7.15. The molecule has 0 saturated heterocycles. The highest BCUT2D eigenvalue weighted by Crippen LogP contribution is 2.45. The summed E-state index contributed by atoms with van der Waals surface area (Å²) in [6, 6.07) is 3.71. The summed E-state index contributed by atoms with van der Waals surface area (Å²) in [7, 11) is 1.23. The monoisotopic (exact) mass is 489 g/mol. The van der Waals surface area contributed by atoms with Crippen molar-refractivity contribution < 1.29 is 28.6 Å². The van der Waals surface area contributed by atoms with E-state index in [1.807, 2.05) is 6.07 Å². The highest BCUT2D eigenvalue weighted by atomic mass is 32.1. The molecule has 34 heavy (non-hydrogen) atoms. The number of esters is 1. The van der Waals surface area contributed by atoms with Gasteiger partial charge in [-0.3, -0.25) is 4.90 Å². The zero-order valence-corrected chi connectivity index (χ0v) is 20.8. The molecule has 4 rings (SSSR count). The van der Waals surface area contributed by atoms with Gasteiger partial charge in [-0.25, -0.2) is 19.0 Å². The Bertz CT molecular complexity index is 1270. The van der Waals surface area contributed by atoms with Gasteiger partial charge in [0.2, 0.25) is 0 Å². The molecule has 1 amide bonds. The van der Waals surface area contributed by atoms with Crippen molar-refractivity contribution in [2.45, 2.75) is 58.3 Å². The van der Waals surface area contributed by atoms with E-state index < -0.39 is 35.1 Å². The molecule has 2 aromatic heterocycles. The third kappa shape index (κ3) is 4.52. The summed E-state index contributed by atoms with van der Waals surface area (Å²) in [6.45, 7) is 9.12. The van der Waals surface area contributed by atoms with Crippen LogP contribution in [0, 0.1) is 5.82 Å². The molecule has 0 radical (unpaired) electrons. The number of nitrogens with zero attached hydrogens (tertiary/aromatic N) is 2. The molecular weight excluding hydrogens is 461 g/mol. The van der Waals surface area contributed by atoms with E-state index in [9.17, 15) is 19.1 Å². The minimum atomic E-state index is -1.23. The number of hydrogen-bond acceptors (Lipinski definition) is 7. The number of rotatable bonds is 3. The van der Waals surface area contributed by atoms with E-state index in [2.05, 4.69) is 9.97 Å². The molecule has 1 aliphatic heterocycles. The molecule has 8 nitrogen and oxygen atoms in total. The number of carbonyl (C=O) groups excluding carboxylic acids is 2. The molecule has 182 valence electrons. The minimum absolute atomic E-state index is 0.0341. The van der Waals surface area contributed by atoms with Crippen molar-refractivity contribution in [3.05, 3.63) is 40.0 Å². The van der Waals surface area contributed by atoms with Gasteiger partial charge < -0.3 is 19.6 Å². The minimum Gasteiger partial charge on any atom is -0.465 e. The van der Waals surface area contributed by atoms with Crippen LogP contribution in [-0.2, 0) is 15.9 Å². The zero-order valence-electron chi connectivity index (χ0n) is 20.0. The number of imidazole rings is 1. The third-order valence-corrected chi connectivity index (χ3v) is 6.75. The van der Waals surface area contributed by atoms with E-state index in [-0.39, 0.29) is 5.56 Å². The van der Waals surface area contributed by atoms with E-state index in [0.717, 1.165) is 21.4 Å². The van der Waals surface area contributed by atoms with Crippen LogP contribution in [0.1, 0.15) is 61.5 Å². The molecule has 0 bridgehead atoms. The topological polar surface area (TPSA) is 105 Å². The van der Waals surface area contributed by atoms with Crippen molar-refractivity contribution in [1.29, 1.82) is 0 Å². The molecule has 0 fully saturated rings. The zero-order chi connectivity index (χ0) is 25.0. The Morgan fingerprint density at radius 1 is 1.24 bits per heavy atom. The van der Waals surface area contributed by atoms with E-state index in [1.54, 1.807) is 39.5 Å². The van der Waals surface area contributed by atoms with Gasteiger partial charge in [-0.1, -0.05) is 0 Å². The average Bonchev–Trinajstić information content (AvgIpc) is 3.33. The number of thiophene rings is 1. The van der Waals surface area contributed by atoms with Crippen molar-refractivity contribution in [2.24, 2.45) is 0 Å². The lowest BCUT2D eigenvalue weighted by Crippen LogP contribution is -2.49. The van der Waals surface area contributed by atoms with Crippen molar-refractivity contribution in [3.63, 3.8) is 0 Å². The largest absolute Gasteiger partial charge is 0.465 e. The van der Waals surface area contributed by atoms with Crippen LogP contribution >= 0.6 is 11.3 Å². The molecule has 3 aromatic rings. The number of H-pyrrole nitrogens is 1. The van der Waals surface area contributed by atoms with Crippen molar-refractivity contribution in [3.8, 4) is 10.7 Å². The molecular formula is C24H28FN3O5S. The smallest absolute Gasteiger partial charge is 0.410 e. The Balaban J connectivity index is 1.77. The van der Waals surface area contributed by atoms with Crippen molar-refractivity contribution in [1.82, 2.24) is 14.9 Å². The first-order valence-corrected chi connectivity index (χ1v) is 11.7. The van der Waals surface area contributed by atoms with Crippen LogP contribution in [0.25, 0.3) is 21.7 Å². The molecule has 1 atom stereocenters. The second-order valence-electron chi connectivity index (χ2n) is 9.91. The molecule has 1 unspecified atom stereocenters.